The number of aromatic nitrogens is 2. The third-order valence-corrected chi connectivity index (χ3v) is 3.88. The highest BCUT2D eigenvalue weighted by Crippen LogP contribution is 2.22. The third-order valence-electron chi connectivity index (χ3n) is 3.88. The van der Waals surface area contributed by atoms with E-state index in [1.165, 1.54) is 28.5 Å². The molecule has 2 heterocycles. The topological polar surface area (TPSA) is 29.9 Å². The van der Waals surface area contributed by atoms with Crippen molar-refractivity contribution in [2.24, 2.45) is 0 Å². The van der Waals surface area contributed by atoms with Crippen LogP contribution >= 0.6 is 0 Å². The van der Waals surface area contributed by atoms with Crippen LogP contribution in [0.4, 0.5) is 0 Å². The molecule has 0 saturated carbocycles. The molecule has 1 aromatic heterocycles. The third kappa shape index (κ3) is 2.19. The molecule has 0 unspecified atom stereocenters. The Morgan fingerprint density at radius 1 is 1.16 bits per heavy atom. The van der Waals surface area contributed by atoms with Crippen LogP contribution in [0, 0.1) is 0 Å². The molecule has 0 saturated heterocycles. The van der Waals surface area contributed by atoms with E-state index in [-0.39, 0.29) is 0 Å². The van der Waals surface area contributed by atoms with E-state index in [4.69, 9.17) is 4.98 Å². The summed E-state index contributed by atoms with van der Waals surface area (Å²) in [5, 5.41) is 3.40. The molecule has 0 radical (unpaired) electrons. The Morgan fingerprint density at radius 2 is 1.95 bits per heavy atom. The van der Waals surface area contributed by atoms with Crippen LogP contribution in [0.25, 0.3) is 5.69 Å². The number of benzene rings is 1. The Hall–Kier alpha value is -1.61. The van der Waals surface area contributed by atoms with E-state index in [1.54, 1.807) is 0 Å². The molecule has 0 atom stereocenters. The summed E-state index contributed by atoms with van der Waals surface area (Å²) in [6.45, 7) is 6.33. The highest BCUT2D eigenvalue weighted by atomic mass is 15.1. The van der Waals surface area contributed by atoms with Crippen LogP contribution in [0.5, 0.6) is 0 Å². The van der Waals surface area contributed by atoms with Crippen molar-refractivity contribution in [1.29, 1.82) is 0 Å². The van der Waals surface area contributed by atoms with Gasteiger partial charge in [0, 0.05) is 37.3 Å². The molecule has 1 aromatic carbocycles. The van der Waals surface area contributed by atoms with Crippen LogP contribution in [0.1, 0.15) is 36.6 Å². The van der Waals surface area contributed by atoms with E-state index >= 15 is 0 Å². The van der Waals surface area contributed by atoms with Gasteiger partial charge in [0.25, 0.3) is 0 Å². The molecular weight excluding hydrogens is 234 g/mol. The first-order valence-corrected chi connectivity index (χ1v) is 7.22. The van der Waals surface area contributed by atoms with Crippen molar-refractivity contribution >= 4 is 0 Å². The lowest BCUT2D eigenvalue weighted by molar-refractivity contribution is 0.620. The fourth-order valence-corrected chi connectivity index (χ4v) is 2.79. The van der Waals surface area contributed by atoms with E-state index < -0.39 is 0 Å². The average molecular weight is 255 g/mol. The van der Waals surface area contributed by atoms with Gasteiger partial charge >= 0.3 is 0 Å². The van der Waals surface area contributed by atoms with Crippen molar-refractivity contribution in [3.8, 4) is 5.69 Å². The van der Waals surface area contributed by atoms with E-state index in [0.717, 1.165) is 32.4 Å². The minimum atomic E-state index is 0.905. The van der Waals surface area contributed by atoms with Crippen molar-refractivity contribution in [3.05, 3.63) is 47.0 Å². The highest BCUT2D eigenvalue weighted by molar-refractivity contribution is 5.40. The molecular formula is C16H21N3. The summed E-state index contributed by atoms with van der Waals surface area (Å²) in [5.74, 6) is 1.18. The lowest BCUT2D eigenvalue weighted by Crippen LogP contribution is -2.24. The second-order valence-corrected chi connectivity index (χ2v) is 5.06. The molecule has 1 aliphatic heterocycles. The minimum Gasteiger partial charge on any atom is -0.311 e. The first kappa shape index (κ1) is 12.4. The summed E-state index contributed by atoms with van der Waals surface area (Å²) >= 11 is 0. The van der Waals surface area contributed by atoms with Crippen molar-refractivity contribution in [1.82, 2.24) is 14.9 Å². The minimum absolute atomic E-state index is 0.905. The maximum Gasteiger partial charge on any atom is 0.113 e. The quantitative estimate of drug-likeness (QED) is 0.913. The Labute approximate surface area is 114 Å². The van der Waals surface area contributed by atoms with Gasteiger partial charge in [0.15, 0.2) is 0 Å². The predicted octanol–water partition coefficient (Wildman–Crippen LogP) is 2.64. The Morgan fingerprint density at radius 3 is 2.63 bits per heavy atom. The molecule has 2 aromatic rings. The summed E-state index contributed by atoms with van der Waals surface area (Å²) in [5.41, 5.74) is 5.25. The zero-order chi connectivity index (χ0) is 13.2. The molecule has 0 aliphatic carbocycles. The maximum absolute atomic E-state index is 4.79. The number of fused-ring (bicyclic) bond motifs is 1. The molecule has 3 rings (SSSR count). The molecule has 1 N–H and O–H groups in total. The van der Waals surface area contributed by atoms with Crippen molar-refractivity contribution < 1.29 is 0 Å². The van der Waals surface area contributed by atoms with Crippen LogP contribution in [0.2, 0.25) is 0 Å². The van der Waals surface area contributed by atoms with Gasteiger partial charge in [0.05, 0.1) is 5.69 Å². The number of rotatable bonds is 3. The summed E-state index contributed by atoms with van der Waals surface area (Å²) in [7, 11) is 0. The molecule has 0 bridgehead atoms. The maximum atomic E-state index is 4.79. The van der Waals surface area contributed by atoms with Crippen LogP contribution in [0.3, 0.4) is 0 Å². The van der Waals surface area contributed by atoms with Gasteiger partial charge in [-0.2, -0.15) is 0 Å². The van der Waals surface area contributed by atoms with Crippen LogP contribution in [0.15, 0.2) is 24.3 Å². The van der Waals surface area contributed by atoms with Crippen molar-refractivity contribution in [2.45, 2.75) is 39.7 Å². The van der Waals surface area contributed by atoms with Gasteiger partial charge < -0.3 is 9.88 Å². The van der Waals surface area contributed by atoms with Crippen molar-refractivity contribution in [3.63, 3.8) is 0 Å². The smallest absolute Gasteiger partial charge is 0.113 e. The van der Waals surface area contributed by atoms with E-state index in [1.807, 2.05) is 0 Å². The van der Waals surface area contributed by atoms with Crippen molar-refractivity contribution in [2.75, 3.05) is 6.54 Å². The molecule has 3 nitrogen and oxygen atoms in total. The summed E-state index contributed by atoms with van der Waals surface area (Å²) in [4.78, 5) is 4.79. The van der Waals surface area contributed by atoms with Gasteiger partial charge in [-0.05, 0) is 24.1 Å². The second kappa shape index (κ2) is 5.17. The lowest BCUT2D eigenvalue weighted by atomic mass is 10.1. The Kier molecular flexibility index (Phi) is 3.38. The van der Waals surface area contributed by atoms with Gasteiger partial charge in [0.2, 0.25) is 0 Å². The summed E-state index contributed by atoms with van der Waals surface area (Å²) < 4.78 is 2.36. The van der Waals surface area contributed by atoms with Gasteiger partial charge in [-0.25, -0.2) is 4.98 Å². The Bertz CT molecular complexity index is 566. The summed E-state index contributed by atoms with van der Waals surface area (Å²) in [6.07, 6.45) is 3.13. The molecule has 100 valence electrons. The molecule has 1 aliphatic rings. The molecule has 0 fully saturated rings. The van der Waals surface area contributed by atoms with E-state index in [0.29, 0.717) is 0 Å². The second-order valence-electron chi connectivity index (χ2n) is 5.06. The lowest BCUT2D eigenvalue weighted by Gasteiger charge is -2.16. The highest BCUT2D eigenvalue weighted by Gasteiger charge is 2.19. The molecule has 3 heteroatoms. The zero-order valence-corrected chi connectivity index (χ0v) is 11.7. The fourth-order valence-electron chi connectivity index (χ4n) is 2.79. The van der Waals surface area contributed by atoms with Gasteiger partial charge in [-0.15, -0.1) is 0 Å². The molecule has 19 heavy (non-hydrogen) atoms. The monoisotopic (exact) mass is 255 g/mol. The number of imidazole rings is 1. The molecule has 0 spiro atoms. The van der Waals surface area contributed by atoms with Crippen LogP contribution in [-0.2, 0) is 25.8 Å². The molecule has 0 amide bonds. The van der Waals surface area contributed by atoms with Gasteiger partial charge in [-0.1, -0.05) is 26.0 Å². The van der Waals surface area contributed by atoms with Gasteiger partial charge in [-0.3, -0.25) is 0 Å². The summed E-state index contributed by atoms with van der Waals surface area (Å²) in [6, 6.07) is 8.90. The first-order chi connectivity index (χ1) is 9.33. The number of hydrogen-bond acceptors (Lipinski definition) is 2. The normalized spacial score (nSPS) is 14.4. The Balaban J connectivity index is 2.09. The number of nitrogens with one attached hydrogen (secondary N) is 1. The fraction of sp³-hybridized carbons (Fsp3) is 0.438. The van der Waals surface area contributed by atoms with E-state index in [9.17, 15) is 0 Å². The largest absolute Gasteiger partial charge is 0.311 e. The number of nitrogens with zero attached hydrogens (tertiary/aromatic N) is 2. The standard InChI is InChI=1S/C16H21N3/c1-3-12-5-7-13(8-6-12)19-15-9-10-17-11-14(15)18-16(19)4-2/h5-8,17H,3-4,9-11H2,1-2H3. The SMILES string of the molecule is CCc1ccc(-n2c(CC)nc3c2CCNC3)cc1. The van der Waals surface area contributed by atoms with Gasteiger partial charge in [0.1, 0.15) is 5.82 Å². The van der Waals surface area contributed by atoms with Crippen LogP contribution < -0.4 is 5.32 Å². The van der Waals surface area contributed by atoms with Crippen LogP contribution in [-0.4, -0.2) is 16.1 Å². The first-order valence-electron chi connectivity index (χ1n) is 7.22. The number of aryl methyl sites for hydroxylation is 2. The van der Waals surface area contributed by atoms with E-state index in [2.05, 4.69) is 48.0 Å². The average Bonchev–Trinajstić information content (AvgIpc) is 2.86. The predicted molar refractivity (Wildman–Crippen MR) is 77.7 cm³/mol. The zero-order valence-electron chi connectivity index (χ0n) is 11.7. The number of hydrogen-bond donors (Lipinski definition) is 1.